The normalized spacial score (nSPS) is 20.6. The second-order valence-electron chi connectivity index (χ2n) is 9.39. The van der Waals surface area contributed by atoms with Crippen molar-refractivity contribution < 1.29 is 19.1 Å². The van der Waals surface area contributed by atoms with E-state index in [2.05, 4.69) is 0 Å². The van der Waals surface area contributed by atoms with E-state index in [1.165, 1.54) is 6.42 Å². The molecule has 0 saturated carbocycles. The fourth-order valence-corrected chi connectivity index (χ4v) is 5.16. The average molecular weight is 485 g/mol. The van der Waals surface area contributed by atoms with Crippen LogP contribution in [0.15, 0.2) is 48.5 Å². The first-order chi connectivity index (χ1) is 16.5. The molecule has 182 valence electrons. The molecular weight excluding hydrogens is 452 g/mol. The summed E-state index contributed by atoms with van der Waals surface area (Å²) in [6.45, 7) is 3.12. The predicted octanol–water partition coefficient (Wildman–Crippen LogP) is 5.05. The third kappa shape index (κ3) is 5.84. The molecule has 2 heterocycles. The molecule has 2 fully saturated rings. The van der Waals surface area contributed by atoms with Gasteiger partial charge in [0.25, 0.3) is 5.91 Å². The Hall–Kier alpha value is -2.73. The summed E-state index contributed by atoms with van der Waals surface area (Å²) in [5, 5.41) is 0.647. The zero-order chi connectivity index (χ0) is 24.0. The maximum Gasteiger partial charge on any atom is 0.257 e. The van der Waals surface area contributed by atoms with Gasteiger partial charge in [-0.1, -0.05) is 23.7 Å². The van der Waals surface area contributed by atoms with Crippen LogP contribution in [0.2, 0.25) is 5.02 Å². The van der Waals surface area contributed by atoms with Gasteiger partial charge in [-0.05, 0) is 68.5 Å². The lowest BCUT2D eigenvalue weighted by molar-refractivity contribution is -0.136. The Morgan fingerprint density at radius 2 is 1.65 bits per heavy atom. The van der Waals surface area contributed by atoms with Gasteiger partial charge in [0.2, 0.25) is 5.91 Å². The van der Waals surface area contributed by atoms with Crippen molar-refractivity contribution in [1.29, 1.82) is 0 Å². The Labute approximate surface area is 206 Å². The topological polar surface area (TPSA) is 59.1 Å². The zero-order valence-corrected chi connectivity index (χ0v) is 20.6. The van der Waals surface area contributed by atoms with Crippen molar-refractivity contribution in [3.05, 3.63) is 59.1 Å². The van der Waals surface area contributed by atoms with Crippen LogP contribution < -0.4 is 9.47 Å². The van der Waals surface area contributed by atoms with E-state index in [0.717, 1.165) is 38.8 Å². The molecule has 2 aliphatic heterocycles. The number of benzene rings is 2. The summed E-state index contributed by atoms with van der Waals surface area (Å²) in [7, 11) is 1.57. The molecule has 2 aromatic rings. The number of piperidine rings is 2. The summed E-state index contributed by atoms with van der Waals surface area (Å²) < 4.78 is 11.6. The molecule has 34 heavy (non-hydrogen) atoms. The first kappa shape index (κ1) is 24.4. The SMILES string of the molecule is COc1ccccc1C(=O)N1CCC[C@@](COc2ccc(Cl)cc2)(CC(=O)N2CCCCC2)C1. The van der Waals surface area contributed by atoms with Crippen molar-refractivity contribution in [3.63, 3.8) is 0 Å². The average Bonchev–Trinajstić information content (AvgIpc) is 2.88. The number of nitrogens with zero attached hydrogens (tertiary/aromatic N) is 2. The Bertz CT molecular complexity index is 990. The molecule has 2 saturated heterocycles. The van der Waals surface area contributed by atoms with Gasteiger partial charge < -0.3 is 19.3 Å². The lowest BCUT2D eigenvalue weighted by Gasteiger charge is -2.43. The van der Waals surface area contributed by atoms with Crippen LogP contribution in [-0.4, -0.2) is 61.5 Å². The number of carbonyl (C=O) groups excluding carboxylic acids is 2. The number of hydrogen-bond donors (Lipinski definition) is 0. The molecule has 7 heteroatoms. The van der Waals surface area contributed by atoms with Crippen LogP contribution in [0.25, 0.3) is 0 Å². The van der Waals surface area contributed by atoms with Gasteiger partial charge in [0, 0.05) is 43.0 Å². The van der Waals surface area contributed by atoms with Crippen LogP contribution in [0.3, 0.4) is 0 Å². The molecule has 0 aromatic heterocycles. The molecule has 2 aromatic carbocycles. The third-order valence-corrected chi connectivity index (χ3v) is 7.13. The quantitative estimate of drug-likeness (QED) is 0.551. The smallest absolute Gasteiger partial charge is 0.257 e. The number of amides is 2. The number of halogens is 1. The maximum atomic E-state index is 13.5. The van der Waals surface area contributed by atoms with E-state index in [1.807, 2.05) is 34.1 Å². The lowest BCUT2D eigenvalue weighted by Crippen LogP contribution is -2.51. The van der Waals surface area contributed by atoms with E-state index in [0.29, 0.717) is 48.2 Å². The zero-order valence-electron chi connectivity index (χ0n) is 19.8. The Morgan fingerprint density at radius 3 is 2.38 bits per heavy atom. The summed E-state index contributed by atoms with van der Waals surface area (Å²) in [5.41, 5.74) is 0.0890. The van der Waals surface area contributed by atoms with Crippen molar-refractivity contribution in [2.24, 2.45) is 5.41 Å². The van der Waals surface area contributed by atoms with Gasteiger partial charge >= 0.3 is 0 Å². The number of para-hydroxylation sites is 1. The Kier molecular flexibility index (Phi) is 7.99. The predicted molar refractivity (Wildman–Crippen MR) is 133 cm³/mol. The fraction of sp³-hybridized carbons (Fsp3) is 0.481. The number of ether oxygens (including phenoxy) is 2. The van der Waals surface area contributed by atoms with Crippen LogP contribution in [0.4, 0.5) is 0 Å². The molecule has 4 rings (SSSR count). The van der Waals surface area contributed by atoms with Crippen LogP contribution in [0.1, 0.15) is 48.9 Å². The Morgan fingerprint density at radius 1 is 0.941 bits per heavy atom. The molecule has 1 atom stereocenters. The number of methoxy groups -OCH3 is 1. The van der Waals surface area contributed by atoms with Gasteiger partial charge in [0.1, 0.15) is 11.5 Å². The molecule has 0 aliphatic carbocycles. The van der Waals surface area contributed by atoms with E-state index < -0.39 is 5.41 Å². The van der Waals surface area contributed by atoms with E-state index in [4.69, 9.17) is 21.1 Å². The van der Waals surface area contributed by atoms with Crippen molar-refractivity contribution in [2.75, 3.05) is 39.9 Å². The molecule has 0 unspecified atom stereocenters. The molecule has 0 N–H and O–H groups in total. The number of rotatable bonds is 7. The minimum absolute atomic E-state index is 0.0709. The standard InChI is InChI=1S/C27H33ClN2O4/c1-33-24-9-4-3-8-23(24)26(32)30-17-7-14-27(19-30,18-25(31)29-15-5-2-6-16-29)20-34-22-12-10-21(28)11-13-22/h3-4,8-13H,2,5-7,14-20H2,1H3/t27-/m1/s1. The number of hydrogen-bond acceptors (Lipinski definition) is 4. The second-order valence-corrected chi connectivity index (χ2v) is 9.83. The summed E-state index contributed by atoms with van der Waals surface area (Å²) in [6, 6.07) is 14.5. The van der Waals surface area contributed by atoms with Crippen molar-refractivity contribution in [2.45, 2.75) is 38.5 Å². The highest BCUT2D eigenvalue weighted by molar-refractivity contribution is 6.30. The van der Waals surface area contributed by atoms with Gasteiger partial charge in [-0.2, -0.15) is 0 Å². The van der Waals surface area contributed by atoms with Gasteiger partial charge in [0.15, 0.2) is 0 Å². The molecule has 0 spiro atoms. The summed E-state index contributed by atoms with van der Waals surface area (Å²) >= 11 is 6.02. The number of likely N-dealkylation sites (tertiary alicyclic amines) is 2. The fourth-order valence-electron chi connectivity index (χ4n) is 5.03. The largest absolute Gasteiger partial charge is 0.496 e. The van der Waals surface area contributed by atoms with Crippen LogP contribution in [0, 0.1) is 5.41 Å². The number of carbonyl (C=O) groups is 2. The third-order valence-electron chi connectivity index (χ3n) is 6.88. The Balaban J connectivity index is 1.54. The van der Waals surface area contributed by atoms with Crippen LogP contribution in [-0.2, 0) is 4.79 Å². The summed E-state index contributed by atoms with van der Waals surface area (Å²) in [5.74, 6) is 1.36. The van der Waals surface area contributed by atoms with E-state index in [9.17, 15) is 9.59 Å². The van der Waals surface area contributed by atoms with Crippen molar-refractivity contribution in [3.8, 4) is 11.5 Å². The van der Waals surface area contributed by atoms with Crippen LogP contribution >= 0.6 is 11.6 Å². The van der Waals surface area contributed by atoms with E-state index in [1.54, 1.807) is 31.4 Å². The highest BCUT2D eigenvalue weighted by atomic mass is 35.5. The molecule has 2 amide bonds. The minimum Gasteiger partial charge on any atom is -0.496 e. The molecule has 0 radical (unpaired) electrons. The first-order valence-electron chi connectivity index (χ1n) is 12.1. The summed E-state index contributed by atoms with van der Waals surface area (Å²) in [4.78, 5) is 30.6. The van der Waals surface area contributed by atoms with E-state index in [-0.39, 0.29) is 11.8 Å². The molecule has 0 bridgehead atoms. The molecule has 6 nitrogen and oxygen atoms in total. The van der Waals surface area contributed by atoms with Gasteiger partial charge in [0.05, 0.1) is 19.3 Å². The van der Waals surface area contributed by atoms with Gasteiger partial charge in [-0.25, -0.2) is 0 Å². The monoisotopic (exact) mass is 484 g/mol. The molecular formula is C27H33ClN2O4. The summed E-state index contributed by atoms with van der Waals surface area (Å²) in [6.07, 6.45) is 5.30. The second kappa shape index (κ2) is 11.1. The van der Waals surface area contributed by atoms with Gasteiger partial charge in [-0.3, -0.25) is 9.59 Å². The van der Waals surface area contributed by atoms with Crippen molar-refractivity contribution >= 4 is 23.4 Å². The lowest BCUT2D eigenvalue weighted by atomic mass is 9.77. The van der Waals surface area contributed by atoms with E-state index >= 15 is 0 Å². The van der Waals surface area contributed by atoms with Crippen LogP contribution in [0.5, 0.6) is 11.5 Å². The maximum absolute atomic E-state index is 13.5. The minimum atomic E-state index is -0.454. The first-order valence-corrected chi connectivity index (χ1v) is 12.5. The highest BCUT2D eigenvalue weighted by Gasteiger charge is 2.41. The van der Waals surface area contributed by atoms with Crippen molar-refractivity contribution in [1.82, 2.24) is 9.80 Å². The molecule has 2 aliphatic rings. The van der Waals surface area contributed by atoms with Gasteiger partial charge in [-0.15, -0.1) is 0 Å². The highest BCUT2D eigenvalue weighted by Crippen LogP contribution is 2.37.